The molecule has 0 bridgehead atoms. The summed E-state index contributed by atoms with van der Waals surface area (Å²) in [4.78, 5) is 0. The van der Waals surface area contributed by atoms with Crippen LogP contribution in [0.5, 0.6) is 0 Å². The van der Waals surface area contributed by atoms with Gasteiger partial charge in [-0.3, -0.25) is 0 Å². The third-order valence-corrected chi connectivity index (χ3v) is 3.58. The molecule has 1 aromatic carbocycles. The van der Waals surface area contributed by atoms with Crippen LogP contribution in [0.15, 0.2) is 30.3 Å². The highest BCUT2D eigenvalue weighted by molar-refractivity contribution is 8.00. The number of rotatable bonds is 2. The van der Waals surface area contributed by atoms with E-state index >= 15 is 0 Å². The van der Waals surface area contributed by atoms with E-state index in [0.29, 0.717) is 0 Å². The van der Waals surface area contributed by atoms with Gasteiger partial charge in [-0.15, -0.1) is 0 Å². The van der Waals surface area contributed by atoms with Crippen LogP contribution in [0.2, 0.25) is 0 Å². The van der Waals surface area contributed by atoms with Crippen LogP contribution in [-0.4, -0.2) is 16.1 Å². The fraction of sp³-hybridized carbons (Fsp3) is 0.333. The van der Waals surface area contributed by atoms with Crippen molar-refractivity contribution < 1.29 is 5.11 Å². The Morgan fingerprint density at radius 3 is 2.93 bits per heavy atom. The molecule has 1 aliphatic carbocycles. The number of benzene rings is 1. The van der Waals surface area contributed by atoms with Gasteiger partial charge in [0.2, 0.25) is 0 Å². The molecule has 0 spiro atoms. The molecule has 74 valence electrons. The number of aliphatic hydroxyl groups is 1. The molecule has 0 saturated heterocycles. The second-order valence-corrected chi connectivity index (χ2v) is 4.81. The quantitative estimate of drug-likeness (QED) is 0.803. The van der Waals surface area contributed by atoms with Gasteiger partial charge in [-0.25, -0.2) is 0 Å². The fourth-order valence-corrected chi connectivity index (χ4v) is 2.66. The molecule has 14 heavy (non-hydrogen) atoms. The molecule has 2 rings (SSSR count). The highest BCUT2D eigenvalue weighted by Crippen LogP contribution is 2.34. The van der Waals surface area contributed by atoms with Gasteiger partial charge in [0.05, 0.1) is 11.4 Å². The number of hydrogen-bond acceptors (Lipinski definition) is 2. The molecule has 0 unspecified atom stereocenters. The number of fused-ring (bicyclic) bond motifs is 1. The predicted molar refractivity (Wildman–Crippen MR) is 62.4 cm³/mol. The highest BCUT2D eigenvalue weighted by Gasteiger charge is 2.23. The van der Waals surface area contributed by atoms with Gasteiger partial charge >= 0.3 is 0 Å². The molecule has 0 heterocycles. The zero-order valence-electron chi connectivity index (χ0n) is 8.18. The topological polar surface area (TPSA) is 20.2 Å². The first-order chi connectivity index (χ1) is 6.83. The third-order valence-electron chi connectivity index (χ3n) is 2.45. The lowest BCUT2D eigenvalue weighted by Crippen LogP contribution is -2.17. The van der Waals surface area contributed by atoms with Crippen molar-refractivity contribution in [2.75, 3.05) is 5.75 Å². The Morgan fingerprint density at radius 1 is 1.36 bits per heavy atom. The Morgan fingerprint density at radius 2 is 2.14 bits per heavy atom. The summed E-state index contributed by atoms with van der Waals surface area (Å²) in [7, 11) is 0. The van der Waals surface area contributed by atoms with Crippen LogP contribution in [0, 0.1) is 0 Å². The smallest absolute Gasteiger partial charge is 0.0949 e. The van der Waals surface area contributed by atoms with Gasteiger partial charge in [-0.05, 0) is 16.9 Å². The SMILES string of the molecule is CCS[C@@H]1C=Cc2ccccc2[C@H]1O. The summed E-state index contributed by atoms with van der Waals surface area (Å²) >= 11 is 1.79. The van der Waals surface area contributed by atoms with Crippen molar-refractivity contribution in [3.05, 3.63) is 41.5 Å². The first-order valence-electron chi connectivity index (χ1n) is 4.89. The van der Waals surface area contributed by atoms with Crippen molar-refractivity contribution >= 4 is 17.8 Å². The van der Waals surface area contributed by atoms with Crippen molar-refractivity contribution in [3.8, 4) is 0 Å². The molecule has 0 radical (unpaired) electrons. The van der Waals surface area contributed by atoms with Gasteiger partial charge in [-0.2, -0.15) is 11.8 Å². The van der Waals surface area contributed by atoms with E-state index in [4.69, 9.17) is 0 Å². The van der Waals surface area contributed by atoms with E-state index in [0.717, 1.165) is 16.9 Å². The van der Waals surface area contributed by atoms with Crippen molar-refractivity contribution in [2.45, 2.75) is 18.3 Å². The van der Waals surface area contributed by atoms with Crippen molar-refractivity contribution in [1.82, 2.24) is 0 Å². The van der Waals surface area contributed by atoms with Crippen molar-refractivity contribution in [3.63, 3.8) is 0 Å². The minimum absolute atomic E-state index is 0.217. The van der Waals surface area contributed by atoms with E-state index in [9.17, 15) is 5.11 Å². The standard InChI is InChI=1S/C12H14OS/c1-2-14-11-8-7-9-5-3-4-6-10(9)12(11)13/h3-8,11-13H,2H2,1H3/t11-,12-/m1/s1. The second kappa shape index (κ2) is 4.20. The highest BCUT2D eigenvalue weighted by atomic mass is 32.2. The first kappa shape index (κ1) is 9.81. The van der Waals surface area contributed by atoms with Crippen LogP contribution in [0.25, 0.3) is 6.08 Å². The molecule has 2 heteroatoms. The van der Waals surface area contributed by atoms with Gasteiger partial charge in [0.15, 0.2) is 0 Å². The van der Waals surface area contributed by atoms with Crippen LogP contribution >= 0.6 is 11.8 Å². The van der Waals surface area contributed by atoms with Crippen molar-refractivity contribution in [1.29, 1.82) is 0 Å². The third kappa shape index (κ3) is 1.72. The summed E-state index contributed by atoms with van der Waals surface area (Å²) in [5.41, 5.74) is 2.20. The molecule has 1 aliphatic rings. The Balaban J connectivity index is 2.30. The fourth-order valence-electron chi connectivity index (χ4n) is 1.75. The monoisotopic (exact) mass is 206 g/mol. The summed E-state index contributed by atoms with van der Waals surface area (Å²) < 4.78 is 0. The number of thioether (sulfide) groups is 1. The summed E-state index contributed by atoms with van der Waals surface area (Å²) in [5.74, 6) is 1.04. The summed E-state index contributed by atoms with van der Waals surface area (Å²) in [5, 5.41) is 10.3. The van der Waals surface area contributed by atoms with Crippen LogP contribution in [-0.2, 0) is 0 Å². The Labute approximate surface area is 88.8 Å². The zero-order chi connectivity index (χ0) is 9.97. The Hall–Kier alpha value is -0.730. The minimum Gasteiger partial charge on any atom is -0.387 e. The van der Waals surface area contributed by atoms with Gasteiger partial charge in [0, 0.05) is 0 Å². The Kier molecular flexibility index (Phi) is 2.94. The number of aliphatic hydroxyl groups excluding tert-OH is 1. The molecule has 2 atom stereocenters. The van der Waals surface area contributed by atoms with E-state index in [1.54, 1.807) is 11.8 Å². The van der Waals surface area contributed by atoms with Crippen LogP contribution in [0.1, 0.15) is 24.2 Å². The minimum atomic E-state index is -0.346. The molecule has 0 aliphatic heterocycles. The lowest BCUT2D eigenvalue weighted by molar-refractivity contribution is 0.185. The van der Waals surface area contributed by atoms with E-state index < -0.39 is 0 Å². The van der Waals surface area contributed by atoms with Gasteiger partial charge in [0.1, 0.15) is 0 Å². The van der Waals surface area contributed by atoms with E-state index in [1.165, 1.54) is 0 Å². The molecular formula is C12H14OS. The van der Waals surface area contributed by atoms with Crippen LogP contribution < -0.4 is 0 Å². The van der Waals surface area contributed by atoms with Gasteiger partial charge in [-0.1, -0.05) is 43.3 Å². The molecule has 1 nitrogen and oxygen atoms in total. The maximum Gasteiger partial charge on any atom is 0.0949 e. The summed E-state index contributed by atoms with van der Waals surface area (Å²) in [6.45, 7) is 2.12. The molecular weight excluding hydrogens is 192 g/mol. The van der Waals surface area contributed by atoms with E-state index in [2.05, 4.69) is 19.1 Å². The lowest BCUT2D eigenvalue weighted by atomic mass is 9.95. The van der Waals surface area contributed by atoms with Crippen LogP contribution in [0.3, 0.4) is 0 Å². The second-order valence-electron chi connectivity index (χ2n) is 3.35. The molecule has 0 aromatic heterocycles. The maximum atomic E-state index is 10.1. The molecule has 0 saturated carbocycles. The normalized spacial score (nSPS) is 24.7. The average molecular weight is 206 g/mol. The molecule has 1 N–H and O–H groups in total. The van der Waals surface area contributed by atoms with Gasteiger partial charge in [0.25, 0.3) is 0 Å². The summed E-state index contributed by atoms with van der Waals surface area (Å²) in [6, 6.07) is 8.03. The zero-order valence-corrected chi connectivity index (χ0v) is 9.00. The van der Waals surface area contributed by atoms with E-state index in [-0.39, 0.29) is 11.4 Å². The molecule has 0 fully saturated rings. The average Bonchev–Trinajstić information content (AvgIpc) is 2.23. The maximum absolute atomic E-state index is 10.1. The summed E-state index contributed by atoms with van der Waals surface area (Å²) in [6.07, 6.45) is 3.86. The van der Waals surface area contributed by atoms with Crippen LogP contribution in [0.4, 0.5) is 0 Å². The Bertz CT molecular complexity index is 346. The first-order valence-corrected chi connectivity index (χ1v) is 5.94. The van der Waals surface area contributed by atoms with Gasteiger partial charge < -0.3 is 5.11 Å². The molecule has 1 aromatic rings. The lowest BCUT2D eigenvalue weighted by Gasteiger charge is -2.24. The molecule has 0 amide bonds. The van der Waals surface area contributed by atoms with Crippen molar-refractivity contribution in [2.24, 2.45) is 0 Å². The largest absolute Gasteiger partial charge is 0.387 e. The van der Waals surface area contributed by atoms with E-state index in [1.807, 2.05) is 24.3 Å². The number of hydrogen-bond donors (Lipinski definition) is 1. The predicted octanol–water partition coefficient (Wildman–Crippen LogP) is 2.87.